The molecule has 0 aromatic heterocycles. The van der Waals surface area contributed by atoms with Crippen LogP contribution in [-0.2, 0) is 14.5 Å². The number of hydrogen-bond acceptors (Lipinski definition) is 4. The van der Waals surface area contributed by atoms with Crippen LogP contribution in [0.1, 0.15) is 39.0 Å². The van der Waals surface area contributed by atoms with E-state index in [0.717, 1.165) is 25.7 Å². The molecule has 0 aliphatic rings. The molecule has 0 heterocycles. The summed E-state index contributed by atoms with van der Waals surface area (Å²) in [4.78, 5) is 10.4. The second kappa shape index (κ2) is 7.62. The van der Waals surface area contributed by atoms with E-state index < -0.39 is 21.7 Å². The van der Waals surface area contributed by atoms with E-state index >= 15 is 0 Å². The fraction of sp³-hybridized carbons (Fsp3) is 0.900. The molecular formula is C10H22N2O3S. The van der Waals surface area contributed by atoms with Crippen LogP contribution in [0.25, 0.3) is 0 Å². The first kappa shape index (κ1) is 15.4. The van der Waals surface area contributed by atoms with Crippen molar-refractivity contribution in [3.8, 4) is 0 Å². The first-order chi connectivity index (χ1) is 7.39. The highest BCUT2D eigenvalue weighted by Gasteiger charge is 2.14. The molecule has 0 spiro atoms. The van der Waals surface area contributed by atoms with Gasteiger partial charge in [0.05, 0.1) is 0 Å². The Balaban J connectivity index is 3.83. The number of carboxylic acids is 1. The van der Waals surface area contributed by atoms with Crippen molar-refractivity contribution in [1.82, 2.24) is 0 Å². The number of nitrogens with one attached hydrogen (secondary N) is 1. The van der Waals surface area contributed by atoms with Gasteiger partial charge in [-0.2, -0.15) is 0 Å². The van der Waals surface area contributed by atoms with Gasteiger partial charge in [0.25, 0.3) is 0 Å². The van der Waals surface area contributed by atoms with E-state index in [4.69, 9.17) is 15.6 Å². The van der Waals surface area contributed by atoms with E-state index in [2.05, 4.69) is 6.92 Å². The summed E-state index contributed by atoms with van der Waals surface area (Å²) in [6, 6.07) is -0.998. The fourth-order valence-corrected chi connectivity index (χ4v) is 2.81. The van der Waals surface area contributed by atoms with Gasteiger partial charge in [0.15, 0.2) is 0 Å². The number of unbranched alkanes of at least 4 members (excludes halogenated alkanes) is 3. The van der Waals surface area contributed by atoms with E-state index in [0.29, 0.717) is 5.75 Å². The molecule has 0 aromatic carbocycles. The van der Waals surface area contributed by atoms with Crippen molar-refractivity contribution in [3.63, 3.8) is 0 Å². The molecule has 0 saturated heterocycles. The Morgan fingerprint density at radius 2 is 2.00 bits per heavy atom. The number of carboxylic acid groups (broad SMARTS) is 1. The minimum Gasteiger partial charge on any atom is -0.480 e. The average Bonchev–Trinajstić information content (AvgIpc) is 2.21. The molecule has 0 rings (SSSR count). The lowest BCUT2D eigenvalue weighted by molar-refractivity contribution is -0.138. The number of nitrogens with two attached hydrogens (primary N) is 1. The predicted octanol–water partition coefficient (Wildman–Crippen LogP) is 1.42. The van der Waals surface area contributed by atoms with Crippen LogP contribution in [0.4, 0.5) is 0 Å². The maximum atomic E-state index is 11.7. The molecule has 4 N–H and O–H groups in total. The molecule has 5 nitrogen and oxygen atoms in total. The van der Waals surface area contributed by atoms with E-state index in [-0.39, 0.29) is 12.2 Å². The summed E-state index contributed by atoms with van der Waals surface area (Å²) in [6.07, 6.45) is 4.06. The van der Waals surface area contributed by atoms with Crippen molar-refractivity contribution in [3.05, 3.63) is 0 Å². The number of aliphatic carboxylic acids is 1. The Kier molecular flexibility index (Phi) is 7.33. The van der Waals surface area contributed by atoms with Crippen LogP contribution in [0.2, 0.25) is 0 Å². The van der Waals surface area contributed by atoms with Gasteiger partial charge in [0, 0.05) is 21.2 Å². The first-order valence-electron chi connectivity index (χ1n) is 5.61. The lowest BCUT2D eigenvalue weighted by Crippen LogP contribution is -2.32. The van der Waals surface area contributed by atoms with Gasteiger partial charge in [-0.25, -0.2) is 4.21 Å². The van der Waals surface area contributed by atoms with Crippen LogP contribution in [0, 0.1) is 4.78 Å². The average molecular weight is 250 g/mol. The first-order valence-corrected chi connectivity index (χ1v) is 7.51. The topological polar surface area (TPSA) is 104 Å². The molecule has 0 aromatic rings. The molecule has 0 radical (unpaired) electrons. The van der Waals surface area contributed by atoms with Crippen LogP contribution < -0.4 is 5.73 Å². The largest absolute Gasteiger partial charge is 0.480 e. The standard InChI is InChI=1S/C10H22N2O3S/c1-2-3-4-5-7-16(12,15)8-6-9(11)10(13)14/h9,12H,2-8,11H2,1H3,(H,13,14)/t9-,16?/m1/s1. The summed E-state index contributed by atoms with van der Waals surface area (Å²) in [5.41, 5.74) is 5.29. The van der Waals surface area contributed by atoms with Gasteiger partial charge < -0.3 is 10.8 Å². The smallest absolute Gasteiger partial charge is 0.320 e. The van der Waals surface area contributed by atoms with E-state index in [1.54, 1.807) is 0 Å². The molecule has 2 atom stereocenters. The summed E-state index contributed by atoms with van der Waals surface area (Å²) in [7, 11) is -2.63. The second-order valence-electron chi connectivity index (χ2n) is 4.01. The zero-order valence-corrected chi connectivity index (χ0v) is 10.6. The summed E-state index contributed by atoms with van der Waals surface area (Å²) in [6.45, 7) is 2.09. The van der Waals surface area contributed by atoms with Gasteiger partial charge in [-0.15, -0.1) is 0 Å². The SMILES string of the molecule is CCCCCCS(=N)(=O)CC[C@@H](N)C(=O)O. The maximum Gasteiger partial charge on any atom is 0.320 e. The molecule has 0 fully saturated rings. The Hall–Kier alpha value is -0.620. The van der Waals surface area contributed by atoms with Gasteiger partial charge >= 0.3 is 5.97 Å². The summed E-state index contributed by atoms with van der Waals surface area (Å²) >= 11 is 0. The van der Waals surface area contributed by atoms with Gasteiger partial charge in [0.1, 0.15) is 6.04 Å². The molecule has 0 aliphatic carbocycles. The van der Waals surface area contributed by atoms with E-state index in [1.807, 2.05) is 0 Å². The highest BCUT2D eigenvalue weighted by atomic mass is 32.2. The molecule has 0 saturated carbocycles. The molecule has 1 unspecified atom stereocenters. The molecule has 6 heteroatoms. The second-order valence-corrected chi connectivity index (χ2v) is 6.45. The number of rotatable bonds is 9. The maximum absolute atomic E-state index is 11.7. The highest BCUT2D eigenvalue weighted by molar-refractivity contribution is 7.92. The Labute approximate surface area is 97.4 Å². The van der Waals surface area contributed by atoms with Crippen molar-refractivity contribution in [2.75, 3.05) is 11.5 Å². The third-order valence-electron chi connectivity index (χ3n) is 2.40. The molecule has 0 aliphatic heterocycles. The Bertz CT molecular complexity index is 301. The Morgan fingerprint density at radius 3 is 2.50 bits per heavy atom. The zero-order chi connectivity index (χ0) is 12.6. The van der Waals surface area contributed by atoms with E-state index in [9.17, 15) is 9.00 Å². The monoisotopic (exact) mass is 250 g/mol. The van der Waals surface area contributed by atoms with Crippen LogP contribution in [0.5, 0.6) is 0 Å². The lowest BCUT2D eigenvalue weighted by Gasteiger charge is -2.09. The molecular weight excluding hydrogens is 228 g/mol. The number of hydrogen-bond donors (Lipinski definition) is 3. The molecule has 0 bridgehead atoms. The van der Waals surface area contributed by atoms with Crippen LogP contribution in [0.15, 0.2) is 0 Å². The van der Waals surface area contributed by atoms with E-state index in [1.165, 1.54) is 0 Å². The minimum absolute atomic E-state index is 0.0899. The fourth-order valence-electron chi connectivity index (χ4n) is 1.30. The highest BCUT2D eigenvalue weighted by Crippen LogP contribution is 2.05. The van der Waals surface area contributed by atoms with Crippen molar-refractivity contribution in [1.29, 1.82) is 4.78 Å². The molecule has 96 valence electrons. The normalized spacial score (nSPS) is 16.6. The molecule has 0 amide bonds. The van der Waals surface area contributed by atoms with Crippen LogP contribution in [-0.4, -0.2) is 32.8 Å². The zero-order valence-electron chi connectivity index (χ0n) is 9.78. The quantitative estimate of drug-likeness (QED) is 0.538. The number of carbonyl (C=O) groups is 1. The van der Waals surface area contributed by atoms with Crippen molar-refractivity contribution in [2.45, 2.75) is 45.1 Å². The van der Waals surface area contributed by atoms with Gasteiger partial charge in [-0.05, 0) is 12.8 Å². The van der Waals surface area contributed by atoms with Crippen LogP contribution >= 0.6 is 0 Å². The third-order valence-corrected chi connectivity index (χ3v) is 4.25. The summed E-state index contributed by atoms with van der Waals surface area (Å²) in [5.74, 6) is -0.646. The van der Waals surface area contributed by atoms with Crippen molar-refractivity contribution < 1.29 is 14.1 Å². The predicted molar refractivity (Wildman–Crippen MR) is 65.0 cm³/mol. The summed E-state index contributed by atoms with van der Waals surface area (Å²) in [5, 5.41) is 8.55. The summed E-state index contributed by atoms with van der Waals surface area (Å²) < 4.78 is 19.3. The van der Waals surface area contributed by atoms with Crippen molar-refractivity contribution in [2.24, 2.45) is 5.73 Å². The lowest BCUT2D eigenvalue weighted by atomic mass is 10.2. The van der Waals surface area contributed by atoms with Gasteiger partial charge in [-0.3, -0.25) is 9.57 Å². The third kappa shape index (κ3) is 7.64. The van der Waals surface area contributed by atoms with Gasteiger partial charge in [-0.1, -0.05) is 26.2 Å². The van der Waals surface area contributed by atoms with Crippen LogP contribution in [0.3, 0.4) is 0 Å². The molecule has 16 heavy (non-hydrogen) atoms. The minimum atomic E-state index is -2.63. The Morgan fingerprint density at radius 1 is 1.38 bits per heavy atom. The van der Waals surface area contributed by atoms with Crippen molar-refractivity contribution >= 4 is 15.7 Å². The van der Waals surface area contributed by atoms with Gasteiger partial charge in [0.2, 0.25) is 0 Å².